The first-order valence-corrected chi connectivity index (χ1v) is 6.80. The topological polar surface area (TPSA) is 32.3 Å². The van der Waals surface area contributed by atoms with Crippen LogP contribution in [0.1, 0.15) is 52.4 Å². The molecule has 0 aromatic carbocycles. The smallest absolute Gasteiger partial charge is 0.317 e. The minimum absolute atomic E-state index is 0.0980. The minimum Gasteiger partial charge on any atom is -0.338 e. The van der Waals surface area contributed by atoms with Crippen LogP contribution in [0.2, 0.25) is 0 Å². The van der Waals surface area contributed by atoms with Gasteiger partial charge in [-0.3, -0.25) is 0 Å². The van der Waals surface area contributed by atoms with E-state index < -0.39 is 0 Å². The predicted molar refractivity (Wildman–Crippen MR) is 67.5 cm³/mol. The number of nitrogens with zero attached hydrogens (tertiary/aromatic N) is 1. The Morgan fingerprint density at radius 1 is 1.19 bits per heavy atom. The van der Waals surface area contributed by atoms with Crippen LogP contribution in [0.4, 0.5) is 4.79 Å². The number of hydrogen-bond acceptors (Lipinski definition) is 1. The van der Waals surface area contributed by atoms with Gasteiger partial charge in [0.1, 0.15) is 0 Å². The van der Waals surface area contributed by atoms with E-state index in [1.54, 1.807) is 0 Å². The van der Waals surface area contributed by atoms with Crippen molar-refractivity contribution in [2.24, 2.45) is 5.92 Å². The van der Waals surface area contributed by atoms with Crippen molar-refractivity contribution in [3.63, 3.8) is 0 Å². The Bertz CT molecular complexity index is 196. The quantitative estimate of drug-likeness (QED) is 0.768. The molecule has 0 aliphatic heterocycles. The number of hydrogen-bond donors (Lipinski definition) is 1. The van der Waals surface area contributed by atoms with Crippen molar-refractivity contribution in [2.45, 2.75) is 52.4 Å². The highest BCUT2D eigenvalue weighted by molar-refractivity contribution is 5.73. The van der Waals surface area contributed by atoms with Crippen LogP contribution in [0.3, 0.4) is 0 Å². The molecule has 1 rings (SSSR count). The van der Waals surface area contributed by atoms with Gasteiger partial charge in [-0.2, -0.15) is 0 Å². The zero-order valence-corrected chi connectivity index (χ0v) is 10.8. The fourth-order valence-electron chi connectivity index (χ4n) is 2.48. The minimum atomic E-state index is 0.0980. The average Bonchev–Trinajstić information content (AvgIpc) is 2.32. The van der Waals surface area contributed by atoms with E-state index in [0.29, 0.717) is 0 Å². The van der Waals surface area contributed by atoms with Crippen LogP contribution < -0.4 is 5.32 Å². The lowest BCUT2D eigenvalue weighted by atomic mass is 9.87. The molecule has 3 nitrogen and oxygen atoms in total. The molecule has 0 aromatic rings. The lowest BCUT2D eigenvalue weighted by Gasteiger charge is -2.23. The van der Waals surface area contributed by atoms with Crippen LogP contribution in [0, 0.1) is 5.92 Å². The van der Waals surface area contributed by atoms with Gasteiger partial charge in [-0.15, -0.1) is 0 Å². The number of carbonyl (C=O) groups excluding carboxylic acids is 1. The Balaban J connectivity index is 2.11. The van der Waals surface area contributed by atoms with Crippen LogP contribution in [0.15, 0.2) is 0 Å². The molecule has 3 heteroatoms. The standard InChI is InChI=1S/C13H26N2O/c1-3-15(4-2)13(16)14-11-10-12-8-6-5-7-9-12/h12H,3-11H2,1-2H3,(H,14,16). The summed E-state index contributed by atoms with van der Waals surface area (Å²) in [5, 5.41) is 3.02. The number of rotatable bonds is 5. The molecule has 1 aliphatic carbocycles. The maximum absolute atomic E-state index is 11.7. The van der Waals surface area contributed by atoms with E-state index in [9.17, 15) is 4.79 Å². The number of nitrogens with one attached hydrogen (secondary N) is 1. The van der Waals surface area contributed by atoms with Crippen molar-refractivity contribution < 1.29 is 4.79 Å². The molecular weight excluding hydrogens is 200 g/mol. The summed E-state index contributed by atoms with van der Waals surface area (Å²) in [5.41, 5.74) is 0. The first-order valence-electron chi connectivity index (χ1n) is 6.80. The third kappa shape index (κ3) is 4.42. The summed E-state index contributed by atoms with van der Waals surface area (Å²) in [7, 11) is 0. The average molecular weight is 226 g/mol. The first-order chi connectivity index (χ1) is 7.77. The largest absolute Gasteiger partial charge is 0.338 e. The molecule has 0 spiro atoms. The molecule has 0 unspecified atom stereocenters. The summed E-state index contributed by atoms with van der Waals surface area (Å²) >= 11 is 0. The van der Waals surface area contributed by atoms with Gasteiger partial charge in [0.25, 0.3) is 0 Å². The van der Waals surface area contributed by atoms with Gasteiger partial charge in [0.15, 0.2) is 0 Å². The summed E-state index contributed by atoms with van der Waals surface area (Å²) in [4.78, 5) is 13.5. The molecule has 1 fully saturated rings. The molecule has 0 atom stereocenters. The monoisotopic (exact) mass is 226 g/mol. The second-order valence-electron chi connectivity index (χ2n) is 4.70. The fourth-order valence-corrected chi connectivity index (χ4v) is 2.48. The van der Waals surface area contributed by atoms with E-state index in [0.717, 1.165) is 32.0 Å². The molecule has 1 N–H and O–H groups in total. The Hall–Kier alpha value is -0.730. The van der Waals surface area contributed by atoms with Crippen LogP contribution in [0.5, 0.6) is 0 Å². The molecule has 0 aromatic heterocycles. The Labute approximate surface area is 99.6 Å². The predicted octanol–water partition coefficient (Wildman–Crippen LogP) is 3.01. The van der Waals surface area contributed by atoms with Gasteiger partial charge in [-0.25, -0.2) is 4.79 Å². The third-order valence-corrected chi connectivity index (χ3v) is 3.60. The van der Waals surface area contributed by atoms with Crippen molar-refractivity contribution in [1.29, 1.82) is 0 Å². The highest BCUT2D eigenvalue weighted by Crippen LogP contribution is 2.25. The molecular formula is C13H26N2O. The number of carbonyl (C=O) groups is 1. The van der Waals surface area contributed by atoms with Crippen molar-refractivity contribution in [3.05, 3.63) is 0 Å². The van der Waals surface area contributed by atoms with Gasteiger partial charge in [0.2, 0.25) is 0 Å². The van der Waals surface area contributed by atoms with E-state index in [-0.39, 0.29) is 6.03 Å². The Kier molecular flexibility index (Phi) is 6.27. The van der Waals surface area contributed by atoms with Crippen molar-refractivity contribution >= 4 is 6.03 Å². The number of urea groups is 1. The zero-order valence-electron chi connectivity index (χ0n) is 10.8. The van der Waals surface area contributed by atoms with Crippen LogP contribution in [-0.4, -0.2) is 30.6 Å². The highest BCUT2D eigenvalue weighted by Gasteiger charge is 2.14. The number of amides is 2. The summed E-state index contributed by atoms with van der Waals surface area (Å²) < 4.78 is 0. The Morgan fingerprint density at radius 2 is 1.81 bits per heavy atom. The molecule has 2 amide bonds. The van der Waals surface area contributed by atoms with Gasteiger partial charge >= 0.3 is 6.03 Å². The molecule has 94 valence electrons. The van der Waals surface area contributed by atoms with Crippen molar-refractivity contribution in [3.8, 4) is 0 Å². The second-order valence-corrected chi connectivity index (χ2v) is 4.70. The molecule has 1 saturated carbocycles. The van der Waals surface area contributed by atoms with Gasteiger partial charge in [-0.05, 0) is 26.2 Å². The first kappa shape index (κ1) is 13.3. The summed E-state index contributed by atoms with van der Waals surface area (Å²) in [5.74, 6) is 0.853. The summed E-state index contributed by atoms with van der Waals surface area (Å²) in [6.07, 6.45) is 8.06. The lowest BCUT2D eigenvalue weighted by molar-refractivity contribution is 0.201. The van der Waals surface area contributed by atoms with Gasteiger partial charge in [-0.1, -0.05) is 32.1 Å². The molecule has 0 heterocycles. The van der Waals surface area contributed by atoms with Gasteiger partial charge in [0.05, 0.1) is 0 Å². The molecule has 1 aliphatic rings. The normalized spacial score (nSPS) is 17.1. The molecule has 0 saturated heterocycles. The highest BCUT2D eigenvalue weighted by atomic mass is 16.2. The lowest BCUT2D eigenvalue weighted by Crippen LogP contribution is -2.40. The Morgan fingerprint density at radius 3 is 2.38 bits per heavy atom. The van der Waals surface area contributed by atoms with Gasteiger partial charge in [0, 0.05) is 19.6 Å². The SMILES string of the molecule is CCN(CC)C(=O)NCCC1CCCCC1. The van der Waals surface area contributed by atoms with E-state index >= 15 is 0 Å². The van der Waals surface area contributed by atoms with E-state index in [1.165, 1.54) is 32.1 Å². The van der Waals surface area contributed by atoms with Crippen molar-refractivity contribution in [1.82, 2.24) is 10.2 Å². The second kappa shape index (κ2) is 7.53. The molecule has 0 bridgehead atoms. The molecule has 0 radical (unpaired) electrons. The van der Waals surface area contributed by atoms with Crippen LogP contribution >= 0.6 is 0 Å². The summed E-state index contributed by atoms with van der Waals surface area (Å²) in [6, 6.07) is 0.0980. The van der Waals surface area contributed by atoms with E-state index in [4.69, 9.17) is 0 Å². The van der Waals surface area contributed by atoms with Crippen molar-refractivity contribution in [2.75, 3.05) is 19.6 Å². The maximum Gasteiger partial charge on any atom is 0.317 e. The van der Waals surface area contributed by atoms with Gasteiger partial charge < -0.3 is 10.2 Å². The van der Waals surface area contributed by atoms with E-state index in [2.05, 4.69) is 5.32 Å². The summed E-state index contributed by atoms with van der Waals surface area (Å²) in [6.45, 7) is 6.48. The van der Waals surface area contributed by atoms with E-state index in [1.807, 2.05) is 18.7 Å². The van der Waals surface area contributed by atoms with Crippen LogP contribution in [0.25, 0.3) is 0 Å². The van der Waals surface area contributed by atoms with Crippen LogP contribution in [-0.2, 0) is 0 Å². The molecule has 16 heavy (non-hydrogen) atoms. The zero-order chi connectivity index (χ0) is 11.8. The fraction of sp³-hybridized carbons (Fsp3) is 0.923. The third-order valence-electron chi connectivity index (χ3n) is 3.60. The maximum atomic E-state index is 11.7.